The van der Waals surface area contributed by atoms with Crippen molar-refractivity contribution in [3.05, 3.63) is 0 Å². The van der Waals surface area contributed by atoms with Gasteiger partial charge in [-0.2, -0.15) is 0 Å². The molecule has 1 atom stereocenters. The third kappa shape index (κ3) is 4.58. The third-order valence-corrected chi connectivity index (χ3v) is 3.49. The van der Waals surface area contributed by atoms with Crippen LogP contribution in [0.5, 0.6) is 0 Å². The number of carbonyl (C=O) groups is 1. The van der Waals surface area contributed by atoms with Crippen LogP contribution in [0.1, 0.15) is 33.6 Å². The number of piperidine rings is 1. The van der Waals surface area contributed by atoms with Crippen molar-refractivity contribution in [3.8, 4) is 0 Å². The molecule has 1 aliphatic rings. The molecule has 0 saturated carbocycles. The van der Waals surface area contributed by atoms with E-state index in [4.69, 9.17) is 4.74 Å². The molecule has 4 nitrogen and oxygen atoms in total. The number of ether oxygens (including phenoxy) is 1. The molecule has 1 heterocycles. The van der Waals surface area contributed by atoms with E-state index in [0.717, 1.165) is 32.5 Å². The number of likely N-dealkylation sites (N-methyl/N-ethyl adjacent to an activating group) is 1. The largest absolute Gasteiger partial charge is 0.378 e. The fraction of sp³-hybridized carbons (Fsp3) is 0.929. The van der Waals surface area contributed by atoms with Crippen LogP contribution in [0.3, 0.4) is 0 Å². The maximum absolute atomic E-state index is 11.9. The van der Waals surface area contributed by atoms with E-state index in [-0.39, 0.29) is 11.9 Å². The van der Waals surface area contributed by atoms with E-state index in [1.54, 1.807) is 4.90 Å². The molecule has 1 rings (SSSR count). The van der Waals surface area contributed by atoms with Crippen molar-refractivity contribution in [2.24, 2.45) is 5.92 Å². The molecular formula is C14H28N2O2. The maximum Gasteiger partial charge on any atom is 0.239 e. The van der Waals surface area contributed by atoms with E-state index in [0.29, 0.717) is 12.0 Å². The fourth-order valence-electron chi connectivity index (χ4n) is 2.29. The number of nitrogens with zero attached hydrogens (tertiary/aromatic N) is 2. The van der Waals surface area contributed by atoms with Crippen molar-refractivity contribution < 1.29 is 9.53 Å². The molecule has 1 saturated heterocycles. The molecule has 18 heavy (non-hydrogen) atoms. The first-order chi connectivity index (χ1) is 8.41. The first-order valence-electron chi connectivity index (χ1n) is 6.98. The van der Waals surface area contributed by atoms with Gasteiger partial charge in [0, 0.05) is 33.8 Å². The van der Waals surface area contributed by atoms with Gasteiger partial charge in [0.05, 0.1) is 12.1 Å². The van der Waals surface area contributed by atoms with Crippen LogP contribution in [0.15, 0.2) is 0 Å². The maximum atomic E-state index is 11.9. The minimum atomic E-state index is -0.00829. The lowest BCUT2D eigenvalue weighted by Crippen LogP contribution is -2.49. The van der Waals surface area contributed by atoms with Crippen LogP contribution in [0, 0.1) is 5.92 Å². The monoisotopic (exact) mass is 256 g/mol. The smallest absolute Gasteiger partial charge is 0.239 e. The molecule has 0 aromatic rings. The van der Waals surface area contributed by atoms with Gasteiger partial charge in [-0.1, -0.05) is 13.8 Å². The zero-order valence-corrected chi connectivity index (χ0v) is 12.5. The topological polar surface area (TPSA) is 32.8 Å². The van der Waals surface area contributed by atoms with Crippen molar-refractivity contribution in [2.75, 3.05) is 33.8 Å². The summed E-state index contributed by atoms with van der Waals surface area (Å²) in [6, 6.07) is -0.00829. The summed E-state index contributed by atoms with van der Waals surface area (Å²) in [7, 11) is 3.63. The normalized spacial score (nSPS) is 20.1. The Morgan fingerprint density at radius 2 is 1.83 bits per heavy atom. The van der Waals surface area contributed by atoms with E-state index in [2.05, 4.69) is 18.7 Å². The van der Waals surface area contributed by atoms with Crippen LogP contribution in [0.25, 0.3) is 0 Å². The molecule has 0 N–H and O–H groups in total. The van der Waals surface area contributed by atoms with Crippen molar-refractivity contribution in [3.63, 3.8) is 0 Å². The lowest BCUT2D eigenvalue weighted by molar-refractivity contribution is -0.135. The Morgan fingerprint density at radius 3 is 2.28 bits per heavy atom. The number of likely N-dealkylation sites (tertiary alicyclic amines) is 1. The molecule has 0 bridgehead atoms. The summed E-state index contributed by atoms with van der Waals surface area (Å²) >= 11 is 0. The second kappa shape index (κ2) is 7.10. The number of hydrogen-bond donors (Lipinski definition) is 0. The minimum Gasteiger partial charge on any atom is -0.378 e. The van der Waals surface area contributed by atoms with E-state index in [1.165, 1.54) is 0 Å². The van der Waals surface area contributed by atoms with Crippen LogP contribution in [-0.4, -0.2) is 61.6 Å². The molecule has 0 unspecified atom stereocenters. The summed E-state index contributed by atoms with van der Waals surface area (Å²) in [4.78, 5) is 15.8. The van der Waals surface area contributed by atoms with Gasteiger partial charge in [-0.3, -0.25) is 9.69 Å². The average molecular weight is 256 g/mol. The molecule has 0 aromatic carbocycles. The minimum absolute atomic E-state index is 0.00829. The number of amides is 1. The zero-order chi connectivity index (χ0) is 13.7. The van der Waals surface area contributed by atoms with Crippen molar-refractivity contribution >= 4 is 5.91 Å². The first-order valence-corrected chi connectivity index (χ1v) is 6.98. The Morgan fingerprint density at radius 1 is 1.28 bits per heavy atom. The first kappa shape index (κ1) is 15.4. The second-order valence-corrected chi connectivity index (χ2v) is 5.87. The van der Waals surface area contributed by atoms with Crippen molar-refractivity contribution in [1.29, 1.82) is 0 Å². The van der Waals surface area contributed by atoms with Gasteiger partial charge in [0.25, 0.3) is 0 Å². The van der Waals surface area contributed by atoms with Crippen molar-refractivity contribution in [1.82, 2.24) is 9.80 Å². The molecular weight excluding hydrogens is 228 g/mol. The lowest BCUT2D eigenvalue weighted by atomic mass is 10.1. The van der Waals surface area contributed by atoms with Crippen LogP contribution in [0.4, 0.5) is 0 Å². The number of rotatable bonds is 5. The Hall–Kier alpha value is -0.610. The highest BCUT2D eigenvalue weighted by Gasteiger charge is 2.27. The molecule has 4 heteroatoms. The molecule has 1 aliphatic heterocycles. The molecule has 1 fully saturated rings. The predicted octanol–water partition coefficient (Wildman–Crippen LogP) is 1.60. The van der Waals surface area contributed by atoms with E-state index >= 15 is 0 Å². The zero-order valence-electron chi connectivity index (χ0n) is 12.5. The van der Waals surface area contributed by atoms with Gasteiger partial charge in [0.2, 0.25) is 5.91 Å². The molecule has 0 spiro atoms. The molecule has 0 aliphatic carbocycles. The Bertz CT molecular complexity index is 259. The fourth-order valence-corrected chi connectivity index (χ4v) is 2.29. The number of carbonyl (C=O) groups excluding carboxylic acids is 1. The summed E-state index contributed by atoms with van der Waals surface area (Å²) in [5, 5.41) is 0. The standard InChI is InChI=1S/C14H28N2O2/c1-11(2)10-18-13-6-8-16(9-7-13)12(3)14(17)15(4)5/h11-13H,6-10H2,1-5H3/t12-/m1/s1. The molecule has 106 valence electrons. The number of hydrogen-bond acceptors (Lipinski definition) is 3. The second-order valence-electron chi connectivity index (χ2n) is 5.87. The van der Waals surface area contributed by atoms with E-state index in [9.17, 15) is 4.79 Å². The van der Waals surface area contributed by atoms with Gasteiger partial charge in [0.15, 0.2) is 0 Å². The Labute approximate surface area is 111 Å². The van der Waals surface area contributed by atoms with Gasteiger partial charge in [-0.05, 0) is 25.7 Å². The average Bonchev–Trinajstić information content (AvgIpc) is 2.35. The van der Waals surface area contributed by atoms with Gasteiger partial charge in [0.1, 0.15) is 0 Å². The van der Waals surface area contributed by atoms with Gasteiger partial charge in [-0.15, -0.1) is 0 Å². The highest BCUT2D eigenvalue weighted by Crippen LogP contribution is 2.17. The summed E-state index contributed by atoms with van der Waals surface area (Å²) < 4.78 is 5.86. The van der Waals surface area contributed by atoms with Crippen LogP contribution >= 0.6 is 0 Å². The highest BCUT2D eigenvalue weighted by molar-refractivity contribution is 5.80. The Balaban J connectivity index is 2.32. The molecule has 0 aromatic heterocycles. The Kier molecular flexibility index (Phi) is 6.09. The van der Waals surface area contributed by atoms with E-state index < -0.39 is 0 Å². The van der Waals surface area contributed by atoms with Crippen LogP contribution in [-0.2, 0) is 9.53 Å². The summed E-state index contributed by atoms with van der Waals surface area (Å²) in [6.07, 6.45) is 2.46. The quantitative estimate of drug-likeness (QED) is 0.749. The van der Waals surface area contributed by atoms with Gasteiger partial charge >= 0.3 is 0 Å². The summed E-state index contributed by atoms with van der Waals surface area (Å²) in [6.45, 7) is 9.11. The lowest BCUT2D eigenvalue weighted by Gasteiger charge is -2.36. The van der Waals surface area contributed by atoms with E-state index in [1.807, 2.05) is 21.0 Å². The van der Waals surface area contributed by atoms with Gasteiger partial charge < -0.3 is 9.64 Å². The summed E-state index contributed by atoms with van der Waals surface area (Å²) in [5.74, 6) is 0.786. The van der Waals surface area contributed by atoms with Crippen LogP contribution in [0.2, 0.25) is 0 Å². The van der Waals surface area contributed by atoms with Gasteiger partial charge in [-0.25, -0.2) is 0 Å². The van der Waals surface area contributed by atoms with Crippen molar-refractivity contribution in [2.45, 2.75) is 45.8 Å². The molecule has 1 amide bonds. The highest BCUT2D eigenvalue weighted by atomic mass is 16.5. The van der Waals surface area contributed by atoms with Crippen LogP contribution < -0.4 is 0 Å². The SMILES string of the molecule is CC(C)COC1CCN([C@H](C)C(=O)N(C)C)CC1. The summed E-state index contributed by atoms with van der Waals surface area (Å²) in [5.41, 5.74) is 0. The molecule has 0 radical (unpaired) electrons. The third-order valence-electron chi connectivity index (χ3n) is 3.49. The predicted molar refractivity (Wildman–Crippen MR) is 73.5 cm³/mol.